The molecule has 7 heteroatoms. The van der Waals surface area contributed by atoms with E-state index in [-0.39, 0.29) is 19.2 Å². The Bertz CT molecular complexity index is 391. The number of carbonyl (C=O) groups is 1. The summed E-state index contributed by atoms with van der Waals surface area (Å²) < 4.78 is 31.8. The molecule has 6 nitrogen and oxygen atoms in total. The van der Waals surface area contributed by atoms with Crippen molar-refractivity contribution in [1.29, 1.82) is 0 Å². The third kappa shape index (κ3) is 4.43. The molecule has 0 unspecified atom stereocenters. The highest BCUT2D eigenvalue weighted by Gasteiger charge is 2.31. The fraction of sp³-hybridized carbons (Fsp3) is 0.917. The van der Waals surface area contributed by atoms with Crippen molar-refractivity contribution in [3.8, 4) is 0 Å². The van der Waals surface area contributed by atoms with Crippen molar-refractivity contribution >= 4 is 16.2 Å². The van der Waals surface area contributed by atoms with Crippen LogP contribution in [0.1, 0.15) is 39.0 Å². The zero-order chi connectivity index (χ0) is 14.5. The maximum absolute atomic E-state index is 12.3. The second-order valence-electron chi connectivity index (χ2n) is 4.88. The predicted molar refractivity (Wildman–Crippen MR) is 72.8 cm³/mol. The van der Waals surface area contributed by atoms with Crippen LogP contribution in [0.2, 0.25) is 0 Å². The lowest BCUT2D eigenvalue weighted by molar-refractivity contribution is -0.143. The van der Waals surface area contributed by atoms with Crippen molar-refractivity contribution in [3.05, 3.63) is 0 Å². The highest BCUT2D eigenvalue weighted by Crippen LogP contribution is 2.24. The van der Waals surface area contributed by atoms with Crippen LogP contribution < -0.4 is 0 Å². The number of hydrogen-bond donors (Lipinski definition) is 0. The highest BCUT2D eigenvalue weighted by atomic mass is 32.2. The molecule has 0 spiro atoms. The van der Waals surface area contributed by atoms with Crippen molar-refractivity contribution in [2.45, 2.75) is 45.1 Å². The van der Waals surface area contributed by atoms with Crippen LogP contribution in [0.3, 0.4) is 0 Å². The minimum Gasteiger partial charge on any atom is -0.465 e. The lowest BCUT2D eigenvalue weighted by Crippen LogP contribution is -2.47. The van der Waals surface area contributed by atoms with Crippen molar-refractivity contribution < 1.29 is 17.9 Å². The molecule has 19 heavy (non-hydrogen) atoms. The molecule has 1 saturated carbocycles. The largest absolute Gasteiger partial charge is 0.465 e. The normalized spacial score (nSPS) is 17.9. The number of nitrogens with zero attached hydrogens (tertiary/aromatic N) is 2. The quantitative estimate of drug-likeness (QED) is 0.685. The van der Waals surface area contributed by atoms with Gasteiger partial charge in [-0.15, -0.1) is 0 Å². The third-order valence-electron chi connectivity index (χ3n) is 3.50. The van der Waals surface area contributed by atoms with E-state index in [4.69, 9.17) is 4.74 Å². The molecule has 0 aromatic carbocycles. The smallest absolute Gasteiger partial charge is 0.321 e. The molecule has 1 fully saturated rings. The van der Waals surface area contributed by atoms with Gasteiger partial charge in [0.05, 0.1) is 6.61 Å². The fourth-order valence-electron chi connectivity index (χ4n) is 2.32. The molecule has 0 heterocycles. The lowest BCUT2D eigenvalue weighted by atomic mass is 9.96. The minimum atomic E-state index is -3.59. The van der Waals surface area contributed by atoms with E-state index in [0.29, 0.717) is 0 Å². The van der Waals surface area contributed by atoms with Gasteiger partial charge >= 0.3 is 5.97 Å². The molecule has 0 saturated heterocycles. The predicted octanol–water partition coefficient (Wildman–Crippen LogP) is 0.991. The van der Waals surface area contributed by atoms with Crippen LogP contribution in [0.15, 0.2) is 0 Å². The fourth-order valence-corrected chi connectivity index (χ4v) is 3.62. The zero-order valence-corrected chi connectivity index (χ0v) is 12.8. The molecule has 0 radical (unpaired) electrons. The van der Waals surface area contributed by atoms with E-state index < -0.39 is 16.2 Å². The Labute approximate surface area is 115 Å². The maximum atomic E-state index is 12.3. The summed E-state index contributed by atoms with van der Waals surface area (Å²) in [5.41, 5.74) is 0. The van der Waals surface area contributed by atoms with Gasteiger partial charge in [0.2, 0.25) is 0 Å². The molecule has 0 amide bonds. The van der Waals surface area contributed by atoms with Crippen LogP contribution in [-0.4, -0.2) is 56.3 Å². The number of rotatable bonds is 6. The Hall–Kier alpha value is -0.660. The average molecular weight is 292 g/mol. The van der Waals surface area contributed by atoms with Crippen molar-refractivity contribution in [3.63, 3.8) is 0 Å². The van der Waals surface area contributed by atoms with Crippen LogP contribution in [0.4, 0.5) is 0 Å². The van der Waals surface area contributed by atoms with Gasteiger partial charge in [-0.3, -0.25) is 4.79 Å². The van der Waals surface area contributed by atoms with E-state index in [2.05, 4.69) is 0 Å². The number of carbonyl (C=O) groups excluding carboxylic acids is 1. The van der Waals surface area contributed by atoms with Crippen LogP contribution >= 0.6 is 0 Å². The second-order valence-corrected chi connectivity index (χ2v) is 6.97. The van der Waals surface area contributed by atoms with E-state index >= 15 is 0 Å². The first-order chi connectivity index (χ1) is 8.89. The molecule has 0 aromatic rings. The Kier molecular flexibility index (Phi) is 6.22. The van der Waals surface area contributed by atoms with Gasteiger partial charge < -0.3 is 4.74 Å². The number of esters is 1. The summed E-state index contributed by atoms with van der Waals surface area (Å²) >= 11 is 0. The number of hydrogen-bond acceptors (Lipinski definition) is 4. The van der Waals surface area contributed by atoms with Crippen molar-refractivity contribution in [2.75, 3.05) is 27.2 Å². The molecule has 1 aliphatic carbocycles. The molecule has 1 rings (SSSR count). The molecule has 0 N–H and O–H groups in total. The molecule has 0 bridgehead atoms. The van der Waals surface area contributed by atoms with Gasteiger partial charge in [-0.05, 0) is 19.8 Å². The van der Waals surface area contributed by atoms with Crippen LogP contribution in [0, 0.1) is 0 Å². The van der Waals surface area contributed by atoms with E-state index in [0.717, 1.165) is 30.0 Å². The molecular formula is C12H24N2O4S. The van der Waals surface area contributed by atoms with Gasteiger partial charge in [0.1, 0.15) is 6.54 Å². The summed E-state index contributed by atoms with van der Waals surface area (Å²) in [6, 6.07) is 0.0448. The zero-order valence-electron chi connectivity index (χ0n) is 12.0. The van der Waals surface area contributed by atoms with Crippen molar-refractivity contribution in [2.24, 2.45) is 0 Å². The number of likely N-dealkylation sites (N-methyl/N-ethyl adjacent to an activating group) is 1. The van der Waals surface area contributed by atoms with Crippen LogP contribution in [0.25, 0.3) is 0 Å². The van der Waals surface area contributed by atoms with Gasteiger partial charge in [-0.2, -0.15) is 17.0 Å². The summed E-state index contributed by atoms with van der Waals surface area (Å²) in [5, 5.41) is 0. The van der Waals surface area contributed by atoms with Gasteiger partial charge in [0.15, 0.2) is 0 Å². The summed E-state index contributed by atoms with van der Waals surface area (Å²) in [6.07, 6.45) is 5.08. The summed E-state index contributed by atoms with van der Waals surface area (Å²) in [6.45, 7) is 1.71. The van der Waals surface area contributed by atoms with Gasteiger partial charge in [-0.25, -0.2) is 0 Å². The Morgan fingerprint density at radius 3 is 2.32 bits per heavy atom. The Morgan fingerprint density at radius 2 is 1.79 bits per heavy atom. The average Bonchev–Trinajstić information content (AvgIpc) is 2.39. The topological polar surface area (TPSA) is 66.9 Å². The van der Waals surface area contributed by atoms with E-state index in [1.54, 1.807) is 14.0 Å². The maximum Gasteiger partial charge on any atom is 0.321 e. The van der Waals surface area contributed by atoms with Gasteiger partial charge in [-0.1, -0.05) is 19.3 Å². The first-order valence-electron chi connectivity index (χ1n) is 6.74. The Balaban J connectivity index is 2.64. The monoisotopic (exact) mass is 292 g/mol. The molecule has 0 aliphatic heterocycles. The molecule has 112 valence electrons. The lowest BCUT2D eigenvalue weighted by Gasteiger charge is -2.32. The summed E-state index contributed by atoms with van der Waals surface area (Å²) in [5.74, 6) is -0.523. The molecule has 0 aromatic heterocycles. The summed E-state index contributed by atoms with van der Waals surface area (Å²) in [7, 11) is -0.588. The molecule has 1 aliphatic rings. The van der Waals surface area contributed by atoms with Gasteiger partial charge in [0.25, 0.3) is 10.2 Å². The SMILES string of the molecule is CCOC(=O)CN(C)S(=O)(=O)N(C)C1CCCCC1. The van der Waals surface area contributed by atoms with Crippen molar-refractivity contribution in [1.82, 2.24) is 8.61 Å². The van der Waals surface area contributed by atoms with E-state index in [1.165, 1.54) is 17.8 Å². The molecular weight excluding hydrogens is 268 g/mol. The third-order valence-corrected chi connectivity index (χ3v) is 5.45. The second kappa shape index (κ2) is 7.21. The first kappa shape index (κ1) is 16.4. The first-order valence-corrected chi connectivity index (χ1v) is 8.14. The summed E-state index contributed by atoms with van der Waals surface area (Å²) in [4.78, 5) is 11.4. The standard InChI is InChI=1S/C12H24N2O4S/c1-4-18-12(15)10-13(2)19(16,17)14(3)11-8-6-5-7-9-11/h11H,4-10H2,1-3H3. The highest BCUT2D eigenvalue weighted by molar-refractivity contribution is 7.86. The minimum absolute atomic E-state index is 0.0448. The van der Waals surface area contributed by atoms with Gasteiger partial charge in [0, 0.05) is 20.1 Å². The van der Waals surface area contributed by atoms with Crippen LogP contribution in [-0.2, 0) is 19.7 Å². The van der Waals surface area contributed by atoms with Crippen LogP contribution in [0.5, 0.6) is 0 Å². The van der Waals surface area contributed by atoms with E-state index in [9.17, 15) is 13.2 Å². The number of ether oxygens (including phenoxy) is 1. The van der Waals surface area contributed by atoms with E-state index in [1.807, 2.05) is 0 Å². The molecule has 0 atom stereocenters. The Morgan fingerprint density at radius 1 is 1.21 bits per heavy atom.